The predicted molar refractivity (Wildman–Crippen MR) is 69.6 cm³/mol. The van der Waals surface area contributed by atoms with Crippen molar-refractivity contribution in [3.63, 3.8) is 0 Å². The van der Waals surface area contributed by atoms with Crippen LogP contribution in [-0.4, -0.2) is 28.2 Å². The van der Waals surface area contributed by atoms with Gasteiger partial charge in [0.25, 0.3) is 0 Å². The smallest absolute Gasteiger partial charge is 0.244 e. The maximum absolute atomic E-state index is 13.9. The summed E-state index contributed by atoms with van der Waals surface area (Å²) in [5.74, 6) is -0.609. The number of ether oxygens (including phenoxy) is 2. The summed E-state index contributed by atoms with van der Waals surface area (Å²) < 4.78 is 50.3. The van der Waals surface area contributed by atoms with Gasteiger partial charge in [-0.15, -0.1) is 0 Å². The molecule has 7 heteroatoms. The molecule has 0 aliphatic rings. The van der Waals surface area contributed by atoms with Crippen LogP contribution in [0.15, 0.2) is 17.0 Å². The van der Waals surface area contributed by atoms with Crippen molar-refractivity contribution in [1.29, 1.82) is 0 Å². The minimum absolute atomic E-state index is 0.134. The molecule has 0 aliphatic heterocycles. The lowest BCUT2D eigenvalue weighted by atomic mass is 10.1. The zero-order chi connectivity index (χ0) is 14.8. The van der Waals surface area contributed by atoms with E-state index in [1.165, 1.54) is 14.2 Å². The van der Waals surface area contributed by atoms with Crippen LogP contribution in [-0.2, 0) is 10.0 Å². The summed E-state index contributed by atoms with van der Waals surface area (Å²) >= 11 is 0. The zero-order valence-electron chi connectivity index (χ0n) is 11.6. The molecule has 1 N–H and O–H groups in total. The first-order valence-electron chi connectivity index (χ1n) is 5.56. The molecule has 1 aromatic rings. The van der Waals surface area contributed by atoms with Crippen molar-refractivity contribution in [3.8, 4) is 11.5 Å². The van der Waals surface area contributed by atoms with Crippen LogP contribution in [0.4, 0.5) is 4.39 Å². The van der Waals surface area contributed by atoms with Gasteiger partial charge in [0, 0.05) is 17.7 Å². The molecule has 1 rings (SSSR count). The van der Waals surface area contributed by atoms with Gasteiger partial charge in [-0.2, -0.15) is 0 Å². The Hall–Kier alpha value is -1.34. The van der Waals surface area contributed by atoms with Gasteiger partial charge in [0.2, 0.25) is 10.0 Å². The summed E-state index contributed by atoms with van der Waals surface area (Å²) in [6.45, 7) is 5.01. The summed E-state index contributed by atoms with van der Waals surface area (Å²) in [5, 5.41) is 0. The lowest BCUT2D eigenvalue weighted by Crippen LogP contribution is -2.40. The van der Waals surface area contributed by atoms with E-state index in [1.807, 2.05) is 0 Å². The molecule has 0 heterocycles. The second kappa shape index (κ2) is 5.34. The van der Waals surface area contributed by atoms with Crippen molar-refractivity contribution in [2.24, 2.45) is 0 Å². The number of rotatable bonds is 4. The van der Waals surface area contributed by atoms with E-state index in [9.17, 15) is 12.8 Å². The average Bonchev–Trinajstić information content (AvgIpc) is 2.24. The largest absolute Gasteiger partial charge is 0.493 e. The van der Waals surface area contributed by atoms with Crippen molar-refractivity contribution < 1.29 is 22.3 Å². The monoisotopic (exact) mass is 291 g/mol. The van der Waals surface area contributed by atoms with Gasteiger partial charge in [0.1, 0.15) is 10.7 Å². The number of hydrogen-bond acceptors (Lipinski definition) is 4. The topological polar surface area (TPSA) is 64.6 Å². The maximum Gasteiger partial charge on any atom is 0.244 e. The molecule has 0 spiro atoms. The molecule has 0 fully saturated rings. The summed E-state index contributed by atoms with van der Waals surface area (Å²) in [6, 6.07) is 2.08. The van der Waals surface area contributed by atoms with Crippen LogP contribution in [0.1, 0.15) is 20.8 Å². The lowest BCUT2D eigenvalue weighted by Gasteiger charge is -2.21. The highest BCUT2D eigenvalue weighted by Crippen LogP contribution is 2.32. The van der Waals surface area contributed by atoms with E-state index < -0.39 is 26.3 Å². The first kappa shape index (κ1) is 15.7. The van der Waals surface area contributed by atoms with Gasteiger partial charge in [0.15, 0.2) is 11.5 Å². The molecule has 0 saturated heterocycles. The molecule has 108 valence electrons. The Bertz CT molecular complexity index is 564. The zero-order valence-corrected chi connectivity index (χ0v) is 12.4. The second-order valence-corrected chi connectivity index (χ2v) is 6.64. The molecule has 5 nitrogen and oxygen atoms in total. The van der Waals surface area contributed by atoms with Gasteiger partial charge in [-0.3, -0.25) is 0 Å². The third-order valence-electron chi connectivity index (χ3n) is 2.17. The van der Waals surface area contributed by atoms with Gasteiger partial charge in [-0.05, 0) is 20.8 Å². The number of nitrogens with one attached hydrogen (secondary N) is 1. The molecular formula is C12H18FNO4S. The van der Waals surface area contributed by atoms with Crippen LogP contribution in [0.2, 0.25) is 0 Å². The highest BCUT2D eigenvalue weighted by atomic mass is 32.2. The van der Waals surface area contributed by atoms with Crippen molar-refractivity contribution in [2.75, 3.05) is 14.2 Å². The third kappa shape index (κ3) is 3.81. The van der Waals surface area contributed by atoms with Crippen molar-refractivity contribution in [3.05, 3.63) is 17.9 Å². The SMILES string of the molecule is COc1cc(F)c(S(=O)(=O)NC(C)(C)C)cc1OC. The Balaban J connectivity index is 3.35. The third-order valence-corrected chi connectivity index (χ3v) is 3.94. The van der Waals surface area contributed by atoms with Gasteiger partial charge in [0.05, 0.1) is 14.2 Å². The average molecular weight is 291 g/mol. The summed E-state index contributed by atoms with van der Waals surface area (Å²) in [4.78, 5) is -0.472. The summed E-state index contributed by atoms with van der Waals surface area (Å²) in [6.07, 6.45) is 0. The van der Waals surface area contributed by atoms with E-state index in [-0.39, 0.29) is 11.5 Å². The molecule has 0 aliphatic carbocycles. The molecule has 0 saturated carbocycles. The highest BCUT2D eigenvalue weighted by molar-refractivity contribution is 7.89. The van der Waals surface area contributed by atoms with E-state index in [4.69, 9.17) is 9.47 Å². The van der Waals surface area contributed by atoms with Crippen LogP contribution in [0.3, 0.4) is 0 Å². The molecule has 0 amide bonds. The van der Waals surface area contributed by atoms with E-state index in [0.29, 0.717) is 0 Å². The Morgan fingerprint density at radius 1 is 1.11 bits per heavy atom. The van der Waals surface area contributed by atoms with E-state index in [1.54, 1.807) is 20.8 Å². The molecule has 0 aromatic heterocycles. The van der Waals surface area contributed by atoms with Crippen molar-refractivity contribution >= 4 is 10.0 Å². The number of hydrogen-bond donors (Lipinski definition) is 1. The maximum atomic E-state index is 13.9. The standard InChI is InChI=1S/C12H18FNO4S/c1-12(2,3)14-19(15,16)11-7-10(18-5)9(17-4)6-8(11)13/h6-7,14H,1-5H3. The number of sulfonamides is 1. The molecule has 0 radical (unpaired) electrons. The Morgan fingerprint density at radius 3 is 2.00 bits per heavy atom. The first-order chi connectivity index (χ1) is 8.60. The minimum Gasteiger partial charge on any atom is -0.493 e. The Morgan fingerprint density at radius 2 is 1.58 bits per heavy atom. The molecule has 19 heavy (non-hydrogen) atoms. The van der Waals surface area contributed by atoms with E-state index in [2.05, 4.69) is 4.72 Å². The van der Waals surface area contributed by atoms with Gasteiger partial charge < -0.3 is 9.47 Å². The van der Waals surface area contributed by atoms with E-state index in [0.717, 1.165) is 12.1 Å². The van der Waals surface area contributed by atoms with Crippen LogP contribution < -0.4 is 14.2 Å². The number of halogens is 1. The fraction of sp³-hybridized carbons (Fsp3) is 0.500. The summed E-state index contributed by atoms with van der Waals surface area (Å²) in [5.41, 5.74) is -0.710. The number of benzene rings is 1. The number of methoxy groups -OCH3 is 2. The van der Waals surface area contributed by atoms with Gasteiger partial charge >= 0.3 is 0 Å². The highest BCUT2D eigenvalue weighted by Gasteiger charge is 2.26. The quantitative estimate of drug-likeness (QED) is 0.920. The van der Waals surface area contributed by atoms with Crippen molar-refractivity contribution in [1.82, 2.24) is 4.72 Å². The summed E-state index contributed by atoms with van der Waals surface area (Å²) in [7, 11) is -1.27. The Kier molecular flexibility index (Phi) is 4.42. The van der Waals surface area contributed by atoms with Crippen LogP contribution >= 0.6 is 0 Å². The van der Waals surface area contributed by atoms with E-state index >= 15 is 0 Å². The van der Waals surface area contributed by atoms with Gasteiger partial charge in [-0.1, -0.05) is 0 Å². The van der Waals surface area contributed by atoms with Crippen LogP contribution in [0.25, 0.3) is 0 Å². The Labute approximate surface area is 112 Å². The molecular weight excluding hydrogens is 273 g/mol. The van der Waals surface area contributed by atoms with Crippen molar-refractivity contribution in [2.45, 2.75) is 31.2 Å². The van der Waals surface area contributed by atoms with Gasteiger partial charge in [-0.25, -0.2) is 17.5 Å². The molecule has 0 bridgehead atoms. The van der Waals surface area contributed by atoms with Crippen LogP contribution in [0.5, 0.6) is 11.5 Å². The lowest BCUT2D eigenvalue weighted by molar-refractivity contribution is 0.350. The fourth-order valence-electron chi connectivity index (χ4n) is 1.50. The molecule has 1 aromatic carbocycles. The van der Waals surface area contributed by atoms with Crippen LogP contribution in [0, 0.1) is 5.82 Å². The predicted octanol–water partition coefficient (Wildman–Crippen LogP) is 1.92. The minimum atomic E-state index is -3.97. The first-order valence-corrected chi connectivity index (χ1v) is 7.04. The molecule has 0 atom stereocenters. The second-order valence-electron chi connectivity index (χ2n) is 4.99. The molecule has 0 unspecified atom stereocenters. The fourth-order valence-corrected chi connectivity index (χ4v) is 2.99. The normalized spacial score (nSPS) is 12.3.